The zero-order valence-corrected chi connectivity index (χ0v) is 11.6. The number of para-hydroxylation sites is 1. The van der Waals surface area contributed by atoms with E-state index in [-0.39, 0.29) is 0 Å². The minimum absolute atomic E-state index is 0.802. The first-order chi connectivity index (χ1) is 8.81. The number of hydrogen-bond donors (Lipinski definition) is 1. The molecule has 1 N–H and O–H groups in total. The van der Waals surface area contributed by atoms with E-state index in [0.717, 1.165) is 34.3 Å². The van der Waals surface area contributed by atoms with Crippen molar-refractivity contribution < 1.29 is 0 Å². The lowest BCUT2D eigenvalue weighted by molar-refractivity contribution is 0.679. The second-order valence-corrected chi connectivity index (χ2v) is 6.21. The Morgan fingerprint density at radius 2 is 2.06 bits per heavy atom. The summed E-state index contributed by atoms with van der Waals surface area (Å²) in [6.07, 6.45) is 0. The highest BCUT2D eigenvalue weighted by molar-refractivity contribution is 7.18. The Morgan fingerprint density at radius 1 is 1.17 bits per heavy atom. The Labute approximate surface area is 114 Å². The summed E-state index contributed by atoms with van der Waals surface area (Å²) in [7, 11) is 0. The SMILES string of the molecule is Cc1nc(CNCc2nc3ccccc3s2)cs1. The monoisotopic (exact) mass is 275 g/mol. The van der Waals surface area contributed by atoms with Gasteiger partial charge in [0.25, 0.3) is 0 Å². The smallest absolute Gasteiger partial charge is 0.108 e. The van der Waals surface area contributed by atoms with Gasteiger partial charge in [0, 0.05) is 18.5 Å². The molecule has 0 radical (unpaired) electrons. The quantitative estimate of drug-likeness (QED) is 0.793. The Hall–Kier alpha value is -1.30. The van der Waals surface area contributed by atoms with Crippen LogP contribution < -0.4 is 5.32 Å². The lowest BCUT2D eigenvalue weighted by Crippen LogP contribution is -2.12. The van der Waals surface area contributed by atoms with Gasteiger partial charge in [0.1, 0.15) is 5.01 Å². The van der Waals surface area contributed by atoms with Crippen LogP contribution in [0.1, 0.15) is 15.7 Å². The fourth-order valence-electron chi connectivity index (χ4n) is 1.78. The number of thiazole rings is 2. The van der Waals surface area contributed by atoms with Gasteiger partial charge in [-0.15, -0.1) is 22.7 Å². The molecule has 3 aromatic rings. The Bertz CT molecular complexity index is 624. The number of rotatable bonds is 4. The molecule has 1 aromatic carbocycles. The van der Waals surface area contributed by atoms with Crippen molar-refractivity contribution in [2.75, 3.05) is 0 Å². The summed E-state index contributed by atoms with van der Waals surface area (Å²) in [5.41, 5.74) is 2.20. The molecule has 0 spiro atoms. The van der Waals surface area contributed by atoms with Crippen LogP contribution in [0.25, 0.3) is 10.2 Å². The summed E-state index contributed by atoms with van der Waals surface area (Å²) >= 11 is 3.44. The topological polar surface area (TPSA) is 37.8 Å². The van der Waals surface area contributed by atoms with Crippen molar-refractivity contribution in [1.82, 2.24) is 15.3 Å². The third kappa shape index (κ3) is 2.58. The molecule has 0 fully saturated rings. The minimum atomic E-state index is 0.802. The van der Waals surface area contributed by atoms with E-state index in [2.05, 4.69) is 38.9 Å². The van der Waals surface area contributed by atoms with E-state index in [1.54, 1.807) is 22.7 Å². The lowest BCUT2D eigenvalue weighted by atomic mass is 10.3. The molecule has 0 saturated carbocycles. The predicted octanol–water partition coefficient (Wildman–Crippen LogP) is 3.35. The minimum Gasteiger partial charge on any atom is -0.305 e. The van der Waals surface area contributed by atoms with E-state index >= 15 is 0 Å². The summed E-state index contributed by atoms with van der Waals surface area (Å²) in [5.74, 6) is 0. The molecular weight excluding hydrogens is 262 g/mol. The molecule has 0 saturated heterocycles. The van der Waals surface area contributed by atoms with E-state index < -0.39 is 0 Å². The maximum Gasteiger partial charge on any atom is 0.108 e. The van der Waals surface area contributed by atoms with Crippen molar-refractivity contribution in [3.8, 4) is 0 Å². The Kier molecular flexibility index (Phi) is 3.36. The predicted molar refractivity (Wildman–Crippen MR) is 77.0 cm³/mol. The van der Waals surface area contributed by atoms with Gasteiger partial charge >= 0.3 is 0 Å². The maximum absolute atomic E-state index is 4.59. The molecule has 3 nitrogen and oxygen atoms in total. The summed E-state index contributed by atoms with van der Waals surface area (Å²) < 4.78 is 1.25. The van der Waals surface area contributed by atoms with Crippen LogP contribution in [-0.4, -0.2) is 9.97 Å². The van der Waals surface area contributed by atoms with Crippen molar-refractivity contribution in [2.24, 2.45) is 0 Å². The van der Waals surface area contributed by atoms with Gasteiger partial charge in [-0.05, 0) is 19.1 Å². The zero-order valence-electron chi connectivity index (χ0n) is 10.0. The molecule has 92 valence electrons. The van der Waals surface area contributed by atoms with E-state index in [0.29, 0.717) is 0 Å². The van der Waals surface area contributed by atoms with E-state index in [1.165, 1.54) is 4.70 Å². The average molecular weight is 275 g/mol. The van der Waals surface area contributed by atoms with Crippen LogP contribution in [0, 0.1) is 6.92 Å². The first-order valence-electron chi connectivity index (χ1n) is 5.77. The number of aromatic nitrogens is 2. The van der Waals surface area contributed by atoms with Crippen molar-refractivity contribution in [1.29, 1.82) is 0 Å². The van der Waals surface area contributed by atoms with E-state index in [9.17, 15) is 0 Å². The third-order valence-corrected chi connectivity index (χ3v) is 4.45. The summed E-state index contributed by atoms with van der Waals surface area (Å²) in [6.45, 7) is 3.64. The second-order valence-electron chi connectivity index (χ2n) is 4.04. The summed E-state index contributed by atoms with van der Waals surface area (Å²) in [5, 5.41) is 7.73. The van der Waals surface area contributed by atoms with Gasteiger partial charge in [-0.25, -0.2) is 9.97 Å². The molecule has 0 unspecified atom stereocenters. The van der Waals surface area contributed by atoms with Crippen molar-refractivity contribution in [2.45, 2.75) is 20.0 Å². The fourth-order valence-corrected chi connectivity index (χ4v) is 3.33. The van der Waals surface area contributed by atoms with Crippen LogP contribution in [-0.2, 0) is 13.1 Å². The van der Waals surface area contributed by atoms with Gasteiger partial charge in [-0.2, -0.15) is 0 Å². The molecule has 0 aliphatic carbocycles. The Morgan fingerprint density at radius 3 is 2.83 bits per heavy atom. The lowest BCUT2D eigenvalue weighted by Gasteiger charge is -1.98. The van der Waals surface area contributed by atoms with Gasteiger partial charge in [0.15, 0.2) is 0 Å². The fraction of sp³-hybridized carbons (Fsp3) is 0.231. The van der Waals surface area contributed by atoms with Gasteiger partial charge in [-0.3, -0.25) is 0 Å². The number of nitrogens with one attached hydrogen (secondary N) is 1. The summed E-state index contributed by atoms with van der Waals surface area (Å²) in [4.78, 5) is 9.01. The van der Waals surface area contributed by atoms with Gasteiger partial charge in [0.2, 0.25) is 0 Å². The van der Waals surface area contributed by atoms with Crippen molar-refractivity contribution in [3.05, 3.63) is 45.4 Å². The molecule has 3 rings (SSSR count). The first-order valence-corrected chi connectivity index (χ1v) is 7.47. The molecule has 0 aliphatic heterocycles. The first kappa shape index (κ1) is 11.8. The number of aryl methyl sites for hydroxylation is 1. The molecule has 2 aromatic heterocycles. The number of fused-ring (bicyclic) bond motifs is 1. The summed E-state index contributed by atoms with van der Waals surface area (Å²) in [6, 6.07) is 8.24. The maximum atomic E-state index is 4.59. The highest BCUT2D eigenvalue weighted by Gasteiger charge is 2.03. The molecule has 18 heavy (non-hydrogen) atoms. The van der Waals surface area contributed by atoms with Crippen molar-refractivity contribution >= 4 is 32.9 Å². The van der Waals surface area contributed by atoms with Crippen LogP contribution in [0.5, 0.6) is 0 Å². The molecular formula is C13H13N3S2. The third-order valence-electron chi connectivity index (χ3n) is 2.59. The van der Waals surface area contributed by atoms with Crippen LogP contribution in [0.3, 0.4) is 0 Å². The van der Waals surface area contributed by atoms with Gasteiger partial charge in [-0.1, -0.05) is 12.1 Å². The molecule has 0 amide bonds. The number of nitrogens with zero attached hydrogens (tertiary/aromatic N) is 2. The molecule has 0 aliphatic rings. The largest absolute Gasteiger partial charge is 0.305 e. The van der Waals surface area contributed by atoms with Crippen LogP contribution in [0.2, 0.25) is 0 Å². The highest BCUT2D eigenvalue weighted by Crippen LogP contribution is 2.21. The molecule has 0 atom stereocenters. The second kappa shape index (κ2) is 5.14. The molecule has 2 heterocycles. The van der Waals surface area contributed by atoms with Gasteiger partial charge < -0.3 is 5.32 Å². The number of hydrogen-bond acceptors (Lipinski definition) is 5. The molecule has 5 heteroatoms. The molecule has 0 bridgehead atoms. The zero-order chi connectivity index (χ0) is 12.4. The normalized spacial score (nSPS) is 11.2. The Balaban J connectivity index is 1.62. The highest BCUT2D eigenvalue weighted by atomic mass is 32.1. The van der Waals surface area contributed by atoms with Crippen LogP contribution in [0.15, 0.2) is 29.6 Å². The van der Waals surface area contributed by atoms with Gasteiger partial charge in [0.05, 0.1) is 20.9 Å². The van der Waals surface area contributed by atoms with Crippen LogP contribution >= 0.6 is 22.7 Å². The average Bonchev–Trinajstić information content (AvgIpc) is 2.95. The standard InChI is InChI=1S/C13H13N3S2/c1-9-15-10(8-17-9)6-14-7-13-16-11-4-2-3-5-12(11)18-13/h2-5,8,14H,6-7H2,1H3. The van der Waals surface area contributed by atoms with E-state index in [1.807, 2.05) is 13.0 Å². The number of benzene rings is 1. The van der Waals surface area contributed by atoms with Crippen molar-refractivity contribution in [3.63, 3.8) is 0 Å². The van der Waals surface area contributed by atoms with E-state index in [4.69, 9.17) is 0 Å². The van der Waals surface area contributed by atoms with Crippen LogP contribution in [0.4, 0.5) is 0 Å².